The van der Waals surface area contributed by atoms with Gasteiger partial charge in [0.2, 0.25) is 0 Å². The topological polar surface area (TPSA) is 89.2 Å². The SMILES string of the molecule is CC(C)CCn1c(=O)n(C)c2nc(-c3cccc(CNC(=O)O)c3)ccc21. The Bertz CT molecular complexity index is 1030. The van der Waals surface area contributed by atoms with E-state index in [4.69, 9.17) is 10.1 Å². The first-order chi connectivity index (χ1) is 12.9. The summed E-state index contributed by atoms with van der Waals surface area (Å²) in [7, 11) is 1.74. The fourth-order valence-electron chi connectivity index (χ4n) is 3.06. The van der Waals surface area contributed by atoms with Crippen LogP contribution < -0.4 is 11.0 Å². The molecule has 2 heterocycles. The Morgan fingerprint density at radius 2 is 2.04 bits per heavy atom. The fourth-order valence-corrected chi connectivity index (χ4v) is 3.06. The number of nitrogens with one attached hydrogen (secondary N) is 1. The Labute approximate surface area is 157 Å². The largest absolute Gasteiger partial charge is 0.465 e. The molecule has 0 bridgehead atoms. The van der Waals surface area contributed by atoms with Crippen LogP contribution in [0, 0.1) is 5.92 Å². The number of aromatic nitrogens is 3. The number of carboxylic acid groups (broad SMARTS) is 1. The van der Waals surface area contributed by atoms with Gasteiger partial charge in [0.1, 0.15) is 0 Å². The number of benzene rings is 1. The molecule has 0 fully saturated rings. The quantitative estimate of drug-likeness (QED) is 0.699. The first-order valence-electron chi connectivity index (χ1n) is 8.99. The molecule has 2 N–H and O–H groups in total. The van der Waals surface area contributed by atoms with Crippen molar-refractivity contribution in [2.24, 2.45) is 13.0 Å². The lowest BCUT2D eigenvalue weighted by Crippen LogP contribution is -2.22. The second-order valence-electron chi connectivity index (χ2n) is 7.07. The van der Waals surface area contributed by atoms with Crippen LogP contribution in [0.5, 0.6) is 0 Å². The van der Waals surface area contributed by atoms with Crippen LogP contribution in [-0.4, -0.2) is 25.3 Å². The number of hydrogen-bond donors (Lipinski definition) is 2. The highest BCUT2D eigenvalue weighted by Gasteiger charge is 2.13. The standard InChI is InChI=1S/C20H24N4O3/c1-13(2)9-10-24-17-8-7-16(22-18(17)23(3)20(24)27)15-6-4-5-14(11-15)12-21-19(25)26/h4-8,11,13,21H,9-10,12H2,1-3H3,(H,25,26). The third-order valence-corrected chi connectivity index (χ3v) is 4.58. The van der Waals surface area contributed by atoms with Gasteiger partial charge in [-0.25, -0.2) is 14.6 Å². The van der Waals surface area contributed by atoms with Crippen LogP contribution in [-0.2, 0) is 20.1 Å². The molecular weight excluding hydrogens is 344 g/mol. The summed E-state index contributed by atoms with van der Waals surface area (Å²) in [6.07, 6.45) is -0.128. The van der Waals surface area contributed by atoms with Crippen LogP contribution in [0.2, 0.25) is 0 Å². The maximum Gasteiger partial charge on any atom is 0.404 e. The molecule has 0 radical (unpaired) electrons. The van der Waals surface area contributed by atoms with Crippen molar-refractivity contribution in [3.8, 4) is 11.3 Å². The highest BCUT2D eigenvalue weighted by atomic mass is 16.4. The summed E-state index contributed by atoms with van der Waals surface area (Å²) in [6, 6.07) is 11.4. The van der Waals surface area contributed by atoms with Crippen molar-refractivity contribution >= 4 is 17.3 Å². The van der Waals surface area contributed by atoms with Crippen molar-refractivity contribution in [2.45, 2.75) is 33.4 Å². The average Bonchev–Trinajstić information content (AvgIpc) is 2.88. The molecule has 3 aromatic rings. The minimum Gasteiger partial charge on any atom is -0.465 e. The Morgan fingerprint density at radius 1 is 1.26 bits per heavy atom. The van der Waals surface area contributed by atoms with E-state index in [0.29, 0.717) is 18.1 Å². The molecule has 7 heteroatoms. The number of fused-ring (bicyclic) bond motifs is 1. The zero-order valence-electron chi connectivity index (χ0n) is 15.8. The highest BCUT2D eigenvalue weighted by Crippen LogP contribution is 2.22. The summed E-state index contributed by atoms with van der Waals surface area (Å²) < 4.78 is 3.36. The monoisotopic (exact) mass is 368 g/mol. The first-order valence-corrected chi connectivity index (χ1v) is 8.99. The van der Waals surface area contributed by atoms with Gasteiger partial charge in [-0.1, -0.05) is 32.0 Å². The van der Waals surface area contributed by atoms with E-state index in [1.54, 1.807) is 16.2 Å². The molecular formula is C20H24N4O3. The van der Waals surface area contributed by atoms with Gasteiger partial charge < -0.3 is 10.4 Å². The summed E-state index contributed by atoms with van der Waals surface area (Å²) in [4.78, 5) is 28.0. The van der Waals surface area contributed by atoms with Crippen molar-refractivity contribution in [3.05, 3.63) is 52.4 Å². The van der Waals surface area contributed by atoms with Gasteiger partial charge in [0, 0.05) is 25.7 Å². The molecule has 0 unspecified atom stereocenters. The Balaban J connectivity index is 1.98. The number of rotatable bonds is 6. The van der Waals surface area contributed by atoms with Gasteiger partial charge in [-0.05, 0) is 36.1 Å². The predicted molar refractivity (Wildman–Crippen MR) is 105 cm³/mol. The molecule has 1 amide bonds. The summed E-state index contributed by atoms with van der Waals surface area (Å²) in [6.45, 7) is 5.18. The molecule has 0 saturated carbocycles. The van der Waals surface area contributed by atoms with E-state index in [-0.39, 0.29) is 12.2 Å². The Hall–Kier alpha value is -3.09. The number of imidazole rings is 1. The summed E-state index contributed by atoms with van der Waals surface area (Å²) in [5.41, 5.74) is 3.89. The molecule has 0 saturated heterocycles. The van der Waals surface area contributed by atoms with Crippen LogP contribution in [0.25, 0.3) is 22.4 Å². The molecule has 1 aromatic carbocycles. The van der Waals surface area contributed by atoms with Gasteiger partial charge in [0.25, 0.3) is 0 Å². The van der Waals surface area contributed by atoms with Crippen LogP contribution in [0.4, 0.5) is 4.79 Å². The summed E-state index contributed by atoms with van der Waals surface area (Å²) >= 11 is 0. The number of hydrogen-bond acceptors (Lipinski definition) is 3. The van der Waals surface area contributed by atoms with Gasteiger partial charge in [-0.2, -0.15) is 0 Å². The van der Waals surface area contributed by atoms with Crippen LogP contribution in [0.3, 0.4) is 0 Å². The first kappa shape index (κ1) is 18.7. The lowest BCUT2D eigenvalue weighted by atomic mass is 10.1. The predicted octanol–water partition coefficient (Wildman–Crippen LogP) is 3.22. The van der Waals surface area contributed by atoms with Gasteiger partial charge in [0.15, 0.2) is 5.65 Å². The number of amides is 1. The highest BCUT2D eigenvalue weighted by molar-refractivity contribution is 5.76. The molecule has 2 aromatic heterocycles. The molecule has 7 nitrogen and oxygen atoms in total. The van der Waals surface area contributed by atoms with Crippen LogP contribution >= 0.6 is 0 Å². The number of nitrogens with zero attached hydrogens (tertiary/aromatic N) is 3. The molecule has 142 valence electrons. The average molecular weight is 368 g/mol. The van der Waals surface area contributed by atoms with Gasteiger partial charge in [0.05, 0.1) is 11.2 Å². The van der Waals surface area contributed by atoms with Gasteiger partial charge >= 0.3 is 11.8 Å². The maximum atomic E-state index is 12.6. The van der Waals surface area contributed by atoms with E-state index in [9.17, 15) is 9.59 Å². The number of aryl methyl sites for hydroxylation is 2. The van der Waals surface area contributed by atoms with E-state index in [2.05, 4.69) is 19.2 Å². The lowest BCUT2D eigenvalue weighted by Gasteiger charge is -2.07. The number of pyridine rings is 1. The number of carbonyl (C=O) groups is 1. The smallest absolute Gasteiger partial charge is 0.404 e. The van der Waals surface area contributed by atoms with Crippen LogP contribution in [0.15, 0.2) is 41.2 Å². The second kappa shape index (κ2) is 7.65. The Kier molecular flexibility index (Phi) is 5.30. The summed E-state index contributed by atoms with van der Waals surface area (Å²) in [5, 5.41) is 11.1. The molecule has 27 heavy (non-hydrogen) atoms. The van der Waals surface area contributed by atoms with Crippen molar-refractivity contribution in [3.63, 3.8) is 0 Å². The molecule has 3 rings (SSSR count). The van der Waals surface area contributed by atoms with Crippen molar-refractivity contribution < 1.29 is 9.90 Å². The fraction of sp³-hybridized carbons (Fsp3) is 0.350. The molecule has 0 spiro atoms. The van der Waals surface area contributed by atoms with E-state index in [0.717, 1.165) is 28.8 Å². The van der Waals surface area contributed by atoms with Crippen molar-refractivity contribution in [1.82, 2.24) is 19.4 Å². The lowest BCUT2D eigenvalue weighted by molar-refractivity contribution is 0.194. The normalized spacial score (nSPS) is 11.3. The third-order valence-electron chi connectivity index (χ3n) is 4.58. The van der Waals surface area contributed by atoms with E-state index in [1.165, 1.54) is 0 Å². The van der Waals surface area contributed by atoms with Crippen molar-refractivity contribution in [2.75, 3.05) is 0 Å². The van der Waals surface area contributed by atoms with Gasteiger partial charge in [-0.15, -0.1) is 0 Å². The van der Waals surface area contributed by atoms with E-state index >= 15 is 0 Å². The molecule has 0 aliphatic carbocycles. The van der Waals surface area contributed by atoms with E-state index in [1.807, 2.05) is 36.4 Å². The maximum absolute atomic E-state index is 12.6. The zero-order valence-corrected chi connectivity index (χ0v) is 15.8. The summed E-state index contributed by atoms with van der Waals surface area (Å²) in [5.74, 6) is 0.515. The third kappa shape index (κ3) is 4.02. The zero-order chi connectivity index (χ0) is 19.6. The second-order valence-corrected chi connectivity index (χ2v) is 7.07. The van der Waals surface area contributed by atoms with Crippen molar-refractivity contribution in [1.29, 1.82) is 0 Å². The Morgan fingerprint density at radius 3 is 2.74 bits per heavy atom. The molecule has 0 atom stereocenters. The minimum absolute atomic E-state index is 0.0605. The molecule has 0 aliphatic rings. The molecule has 0 aliphatic heterocycles. The van der Waals surface area contributed by atoms with Gasteiger partial charge in [-0.3, -0.25) is 9.13 Å². The van der Waals surface area contributed by atoms with E-state index < -0.39 is 6.09 Å². The minimum atomic E-state index is -1.06. The van der Waals surface area contributed by atoms with Crippen LogP contribution in [0.1, 0.15) is 25.8 Å².